The molecule has 3 heteroatoms. The van der Waals surface area contributed by atoms with Crippen LogP contribution in [0.3, 0.4) is 0 Å². The van der Waals surface area contributed by atoms with Gasteiger partial charge in [-0.05, 0) is 67.2 Å². The van der Waals surface area contributed by atoms with Crippen LogP contribution in [0.5, 0.6) is 0 Å². The van der Waals surface area contributed by atoms with Crippen LogP contribution in [0.4, 0.5) is 4.39 Å². The molecule has 1 aliphatic carbocycles. The molecule has 1 aromatic rings. The molecule has 0 aliphatic heterocycles. The van der Waals surface area contributed by atoms with Crippen LogP contribution in [-0.4, -0.2) is 11.9 Å². The molecule has 1 fully saturated rings. The molecule has 0 heterocycles. The number of halogens is 1. The van der Waals surface area contributed by atoms with Gasteiger partial charge in [0.05, 0.1) is 0 Å². The van der Waals surface area contributed by atoms with E-state index in [1.54, 1.807) is 13.0 Å². The second-order valence-electron chi connectivity index (χ2n) is 9.42. The Kier molecular flexibility index (Phi) is 8.98. The lowest BCUT2D eigenvalue weighted by atomic mass is 9.91. The van der Waals surface area contributed by atoms with Gasteiger partial charge in [0.15, 0.2) is 0 Å². The van der Waals surface area contributed by atoms with Crippen molar-refractivity contribution in [3.8, 4) is 0 Å². The molecular weight excluding hydrogens is 337 g/mol. The van der Waals surface area contributed by atoms with Crippen molar-refractivity contribution in [2.24, 2.45) is 10.8 Å². The van der Waals surface area contributed by atoms with Crippen LogP contribution in [0.15, 0.2) is 18.2 Å². The topological polar surface area (TPSA) is 29.1 Å². The number of hydrogen-bond acceptors (Lipinski definition) is 1. The smallest absolute Gasteiger partial charge is 0.251 e. The van der Waals surface area contributed by atoms with E-state index in [1.807, 2.05) is 0 Å². The van der Waals surface area contributed by atoms with Crippen LogP contribution in [0.25, 0.3) is 0 Å². The third kappa shape index (κ3) is 8.02. The van der Waals surface area contributed by atoms with Crippen molar-refractivity contribution < 1.29 is 9.18 Å². The van der Waals surface area contributed by atoms with Crippen molar-refractivity contribution in [3.05, 3.63) is 35.1 Å². The van der Waals surface area contributed by atoms with E-state index in [1.165, 1.54) is 25.0 Å². The van der Waals surface area contributed by atoms with Gasteiger partial charge >= 0.3 is 0 Å². The third-order valence-electron chi connectivity index (χ3n) is 5.30. The van der Waals surface area contributed by atoms with E-state index in [-0.39, 0.29) is 17.8 Å². The van der Waals surface area contributed by atoms with Gasteiger partial charge in [0.25, 0.3) is 5.91 Å². The summed E-state index contributed by atoms with van der Waals surface area (Å²) in [4.78, 5) is 12.2. The van der Waals surface area contributed by atoms with E-state index in [4.69, 9.17) is 0 Å². The first kappa shape index (κ1) is 23.7. The fourth-order valence-electron chi connectivity index (χ4n) is 4.08. The monoisotopic (exact) mass is 377 g/mol. The quantitative estimate of drug-likeness (QED) is 0.541. The van der Waals surface area contributed by atoms with Crippen LogP contribution in [0.1, 0.15) is 102 Å². The van der Waals surface area contributed by atoms with Gasteiger partial charge in [-0.3, -0.25) is 4.79 Å². The van der Waals surface area contributed by atoms with Crippen molar-refractivity contribution in [3.63, 3.8) is 0 Å². The molecule has 0 radical (unpaired) electrons. The van der Waals surface area contributed by atoms with Gasteiger partial charge in [-0.1, -0.05) is 60.8 Å². The number of benzene rings is 1. The first-order valence-electron chi connectivity index (χ1n) is 10.6. The standard InChI is InChI=1S/C17H24FNO.C7H16/c1-4-6-17(7-5-2)11-15(17)19-16(20)13-8-12(3)9-14(18)10-13;1-5-6-7(2,3)4/h8-10,15H,4-7,11H2,1-3H3,(H,19,20);5-6H2,1-4H3. The Labute approximate surface area is 166 Å². The zero-order valence-corrected chi connectivity index (χ0v) is 18.5. The maximum Gasteiger partial charge on any atom is 0.251 e. The van der Waals surface area contributed by atoms with Gasteiger partial charge in [0, 0.05) is 11.6 Å². The number of rotatable bonds is 7. The summed E-state index contributed by atoms with van der Waals surface area (Å²) in [6.45, 7) is 15.2. The molecule has 1 N–H and O–H groups in total. The Morgan fingerprint density at radius 1 is 1.11 bits per heavy atom. The van der Waals surface area contributed by atoms with Crippen molar-refractivity contribution in [1.29, 1.82) is 0 Å². The summed E-state index contributed by atoms with van der Waals surface area (Å²) in [7, 11) is 0. The molecule has 0 spiro atoms. The number of carbonyl (C=O) groups excluding carboxylic acids is 1. The summed E-state index contributed by atoms with van der Waals surface area (Å²) < 4.78 is 13.4. The molecule has 2 rings (SSSR count). The van der Waals surface area contributed by atoms with Gasteiger partial charge < -0.3 is 5.32 Å². The number of aryl methyl sites for hydroxylation is 1. The maximum atomic E-state index is 13.4. The minimum atomic E-state index is -0.348. The Morgan fingerprint density at radius 2 is 1.70 bits per heavy atom. The van der Waals surface area contributed by atoms with E-state index in [0.717, 1.165) is 37.7 Å². The third-order valence-corrected chi connectivity index (χ3v) is 5.30. The second-order valence-corrected chi connectivity index (χ2v) is 9.42. The van der Waals surface area contributed by atoms with Crippen LogP contribution < -0.4 is 5.32 Å². The molecule has 0 bridgehead atoms. The molecule has 0 aromatic heterocycles. The molecule has 1 amide bonds. The van der Waals surface area contributed by atoms with E-state index in [0.29, 0.717) is 16.4 Å². The molecule has 0 saturated heterocycles. The zero-order valence-electron chi connectivity index (χ0n) is 18.5. The minimum Gasteiger partial charge on any atom is -0.349 e. The highest BCUT2D eigenvalue weighted by molar-refractivity contribution is 5.94. The normalized spacial score (nSPS) is 17.7. The SMILES string of the molecule is CCCC(C)(C)C.CCCC1(CCC)CC1NC(=O)c1cc(C)cc(F)c1. The zero-order chi connectivity index (χ0) is 20.7. The van der Waals surface area contributed by atoms with E-state index >= 15 is 0 Å². The minimum absolute atomic E-state index is 0.147. The molecule has 1 atom stereocenters. The number of nitrogens with one attached hydrogen (secondary N) is 1. The van der Waals surface area contributed by atoms with E-state index in [9.17, 15) is 9.18 Å². The Bertz CT molecular complexity index is 577. The molecule has 27 heavy (non-hydrogen) atoms. The predicted octanol–water partition coefficient (Wildman–Crippen LogP) is 7.06. The lowest BCUT2D eigenvalue weighted by Crippen LogP contribution is -2.30. The molecular formula is C24H40FNO. The van der Waals surface area contributed by atoms with Crippen molar-refractivity contribution in [2.75, 3.05) is 0 Å². The first-order chi connectivity index (χ1) is 12.6. The van der Waals surface area contributed by atoms with Gasteiger partial charge in [-0.25, -0.2) is 4.39 Å². The first-order valence-corrected chi connectivity index (χ1v) is 10.6. The summed E-state index contributed by atoms with van der Waals surface area (Å²) in [5.41, 5.74) is 2.05. The summed E-state index contributed by atoms with van der Waals surface area (Å²) in [5.74, 6) is -0.494. The van der Waals surface area contributed by atoms with Crippen LogP contribution >= 0.6 is 0 Å². The van der Waals surface area contributed by atoms with Gasteiger partial charge in [-0.15, -0.1) is 0 Å². The number of carbonyl (C=O) groups is 1. The highest BCUT2D eigenvalue weighted by Gasteiger charge is 2.52. The van der Waals surface area contributed by atoms with Gasteiger partial charge in [0.1, 0.15) is 5.82 Å². The highest BCUT2D eigenvalue weighted by Crippen LogP contribution is 2.53. The summed E-state index contributed by atoms with van der Waals surface area (Å²) in [6.07, 6.45) is 8.32. The van der Waals surface area contributed by atoms with Gasteiger partial charge in [0.2, 0.25) is 0 Å². The largest absolute Gasteiger partial charge is 0.349 e. The predicted molar refractivity (Wildman–Crippen MR) is 114 cm³/mol. The van der Waals surface area contributed by atoms with Crippen LogP contribution in [0, 0.1) is 23.6 Å². The molecule has 1 saturated carbocycles. The Hall–Kier alpha value is -1.38. The summed E-state index contributed by atoms with van der Waals surface area (Å²) in [6, 6.07) is 4.75. The molecule has 1 aliphatic rings. The van der Waals surface area contributed by atoms with Crippen molar-refractivity contribution >= 4 is 5.91 Å². The molecule has 2 nitrogen and oxygen atoms in total. The number of hydrogen-bond donors (Lipinski definition) is 1. The summed E-state index contributed by atoms with van der Waals surface area (Å²) >= 11 is 0. The molecule has 1 unspecified atom stereocenters. The van der Waals surface area contributed by atoms with Crippen LogP contribution in [-0.2, 0) is 0 Å². The Morgan fingerprint density at radius 3 is 2.11 bits per heavy atom. The fourth-order valence-corrected chi connectivity index (χ4v) is 4.08. The lowest BCUT2D eigenvalue weighted by Gasteiger charge is -2.16. The average Bonchev–Trinajstić information content (AvgIpc) is 3.18. The van der Waals surface area contributed by atoms with Crippen molar-refractivity contribution in [2.45, 2.75) is 99.5 Å². The maximum absolute atomic E-state index is 13.4. The number of amides is 1. The molecule has 154 valence electrons. The van der Waals surface area contributed by atoms with Crippen LogP contribution in [0.2, 0.25) is 0 Å². The second kappa shape index (κ2) is 10.2. The average molecular weight is 378 g/mol. The highest BCUT2D eigenvalue weighted by atomic mass is 19.1. The van der Waals surface area contributed by atoms with Gasteiger partial charge in [-0.2, -0.15) is 0 Å². The Balaban J connectivity index is 0.000000445. The lowest BCUT2D eigenvalue weighted by molar-refractivity contribution is 0.0943. The fraction of sp³-hybridized carbons (Fsp3) is 0.708. The molecule has 1 aromatic carbocycles. The van der Waals surface area contributed by atoms with E-state index < -0.39 is 0 Å². The van der Waals surface area contributed by atoms with Crippen molar-refractivity contribution in [1.82, 2.24) is 5.32 Å². The van der Waals surface area contributed by atoms with E-state index in [2.05, 4.69) is 46.9 Å². The summed E-state index contributed by atoms with van der Waals surface area (Å²) in [5, 5.41) is 3.08.